The van der Waals surface area contributed by atoms with Gasteiger partial charge >= 0.3 is 31.1 Å². The Labute approximate surface area is 171 Å². The molecule has 2 amide bonds. The average Bonchev–Trinajstić information content (AvgIpc) is 2.56. The summed E-state index contributed by atoms with van der Waals surface area (Å²) in [5.41, 5.74) is 0. The molecule has 2 fully saturated rings. The van der Waals surface area contributed by atoms with E-state index in [1.165, 1.54) is 0 Å². The van der Waals surface area contributed by atoms with Crippen molar-refractivity contribution in [3.63, 3.8) is 0 Å². The van der Waals surface area contributed by atoms with E-state index in [0.29, 0.717) is 26.0 Å². The topological polar surface area (TPSA) is 70.0 Å². The Kier molecular flexibility index (Phi) is 13.4. The summed E-state index contributed by atoms with van der Waals surface area (Å²) in [4.78, 5) is 20.7. The van der Waals surface area contributed by atoms with Gasteiger partial charge in [0, 0.05) is 30.4 Å². The third kappa shape index (κ3) is 11.9. The van der Waals surface area contributed by atoms with Crippen LogP contribution in [-0.2, 0) is 9.59 Å². The average molecular weight is 570 g/mol. The van der Waals surface area contributed by atoms with Gasteiger partial charge in [-0.2, -0.15) is 18.9 Å². The van der Waals surface area contributed by atoms with Crippen molar-refractivity contribution in [3.05, 3.63) is 42.3 Å². The molecule has 0 unspecified atom stereocenters. The summed E-state index contributed by atoms with van der Waals surface area (Å²) in [6, 6.07) is 5.23. The van der Waals surface area contributed by atoms with E-state index >= 15 is 0 Å². The fraction of sp³-hybridized carbons (Fsp3) is 0.412. The predicted octanol–water partition coefficient (Wildman–Crippen LogP) is 3.12. The van der Waals surface area contributed by atoms with Gasteiger partial charge < -0.3 is 6.42 Å². The predicted molar refractivity (Wildman–Crippen MR) is 86.7 cm³/mol. The van der Waals surface area contributed by atoms with Crippen molar-refractivity contribution in [2.75, 3.05) is 0 Å². The molecule has 3 rings (SSSR count). The van der Waals surface area contributed by atoms with Gasteiger partial charge in [-0.3, -0.25) is 23.7 Å². The van der Waals surface area contributed by atoms with Gasteiger partial charge in [0.05, 0.1) is 0 Å². The van der Waals surface area contributed by atoms with E-state index in [-0.39, 0.29) is 42.9 Å². The second-order valence-electron chi connectivity index (χ2n) is 5.46. The van der Waals surface area contributed by atoms with Gasteiger partial charge in [0.1, 0.15) is 0 Å². The molecule has 130 valence electrons. The number of hydrogen-bond donors (Lipinski definition) is 1. The van der Waals surface area contributed by atoms with E-state index in [1.807, 2.05) is 0 Å². The summed E-state index contributed by atoms with van der Waals surface area (Å²) in [5, 5.41) is 10.6. The van der Waals surface area contributed by atoms with E-state index in [4.69, 9.17) is 5.26 Å². The molecular formula is C17H19BF2N2O2U. The summed E-state index contributed by atoms with van der Waals surface area (Å²) < 4.78 is 23.8. The van der Waals surface area contributed by atoms with Crippen LogP contribution in [0.3, 0.4) is 0 Å². The molecular weight excluding hydrogens is 551 g/mol. The fourth-order valence-electron chi connectivity index (χ4n) is 2.16. The summed E-state index contributed by atoms with van der Waals surface area (Å²) in [5.74, 6) is 0.823. The van der Waals surface area contributed by atoms with Crippen molar-refractivity contribution in [1.29, 1.82) is 5.26 Å². The first-order valence-electron chi connectivity index (χ1n) is 7.87. The van der Waals surface area contributed by atoms with Crippen LogP contribution in [0.4, 0.5) is 8.78 Å². The van der Waals surface area contributed by atoms with E-state index in [2.05, 4.69) is 23.8 Å². The minimum absolute atomic E-state index is 0. The van der Waals surface area contributed by atoms with Crippen molar-refractivity contribution in [2.24, 2.45) is 0 Å². The standard InChI is InChI=1S/C6H9BN.C6H3F2.C5H7NO2.U/c8-6-7-4-2-1-3-5-7;7-5-2-1-3-6(8)4-5;7-4-2-1-3-5(8)6-4;/h1H,2-5H2;2-4H;1-3H2,(H,6,7,8);/q2*-1;;+2. The number of carbonyl (C=O) groups is 2. The number of halogens is 2. The molecule has 0 aromatic heterocycles. The Bertz CT molecular complexity index is 559. The van der Waals surface area contributed by atoms with Crippen molar-refractivity contribution in [2.45, 2.75) is 44.7 Å². The first kappa shape index (κ1) is 23.8. The van der Waals surface area contributed by atoms with E-state index in [1.54, 1.807) is 0 Å². The SMILES string of the molecule is Fc1c[c-]cc(F)c1.N#CB1CC[CH-]CC1.O=C1CCCC(=O)N1.[U+2]. The number of benzene rings is 1. The zero-order valence-corrected chi connectivity index (χ0v) is 18.0. The molecule has 4 nitrogen and oxygen atoms in total. The van der Waals surface area contributed by atoms with Crippen LogP contribution in [0.2, 0.25) is 12.6 Å². The third-order valence-electron chi connectivity index (χ3n) is 3.43. The largest absolute Gasteiger partial charge is 2.00 e. The van der Waals surface area contributed by atoms with Crippen molar-refractivity contribution in [1.82, 2.24) is 5.32 Å². The molecule has 0 radical (unpaired) electrons. The number of amides is 2. The monoisotopic (exact) mass is 570 g/mol. The van der Waals surface area contributed by atoms with Crippen molar-refractivity contribution < 1.29 is 49.5 Å². The van der Waals surface area contributed by atoms with Crippen LogP contribution in [0, 0.1) is 66.5 Å². The number of hydrogen-bond acceptors (Lipinski definition) is 3. The minimum atomic E-state index is -0.593. The van der Waals surface area contributed by atoms with Crippen LogP contribution in [0.15, 0.2) is 18.2 Å². The smallest absolute Gasteiger partial charge is 0.330 e. The first-order valence-corrected chi connectivity index (χ1v) is 7.87. The van der Waals surface area contributed by atoms with Gasteiger partial charge in [-0.05, 0) is 6.42 Å². The molecule has 0 spiro atoms. The molecule has 0 bridgehead atoms. The number of nitrogens with zero attached hydrogens (tertiary/aromatic N) is 1. The molecule has 0 aliphatic carbocycles. The molecule has 0 atom stereocenters. The Balaban J connectivity index is 0.000000339. The first-order chi connectivity index (χ1) is 11.5. The Hall–Kier alpha value is -1.17. The number of rotatable bonds is 0. The molecule has 2 aliphatic rings. The van der Waals surface area contributed by atoms with Gasteiger partial charge in [0.2, 0.25) is 11.8 Å². The van der Waals surface area contributed by atoms with Crippen LogP contribution in [-0.4, -0.2) is 18.5 Å². The second-order valence-corrected chi connectivity index (χ2v) is 5.46. The van der Waals surface area contributed by atoms with Crippen LogP contribution in [0.5, 0.6) is 0 Å². The summed E-state index contributed by atoms with van der Waals surface area (Å²) >= 11 is 0. The van der Waals surface area contributed by atoms with E-state index in [9.17, 15) is 18.4 Å². The van der Waals surface area contributed by atoms with Gasteiger partial charge in [-0.1, -0.05) is 12.6 Å². The number of piperidine rings is 1. The molecule has 2 aliphatic heterocycles. The van der Waals surface area contributed by atoms with Gasteiger partial charge in [-0.15, -0.1) is 18.2 Å². The normalized spacial score (nSPS) is 16.0. The summed E-state index contributed by atoms with van der Waals surface area (Å²) in [7, 11) is 0. The molecule has 2 heterocycles. The number of nitriles is 1. The minimum Gasteiger partial charge on any atom is -0.330 e. The fourth-order valence-corrected chi connectivity index (χ4v) is 2.16. The Morgan fingerprint density at radius 2 is 1.64 bits per heavy atom. The summed E-state index contributed by atoms with van der Waals surface area (Å²) in [6.07, 6.45) is 8.49. The zero-order chi connectivity index (χ0) is 17.8. The Morgan fingerprint density at radius 1 is 1.12 bits per heavy atom. The van der Waals surface area contributed by atoms with Gasteiger partial charge in [0.25, 0.3) is 6.71 Å². The quantitative estimate of drug-likeness (QED) is 0.296. The molecule has 1 aromatic rings. The molecule has 2 saturated heterocycles. The van der Waals surface area contributed by atoms with E-state index in [0.717, 1.165) is 43.7 Å². The van der Waals surface area contributed by atoms with Crippen molar-refractivity contribution in [3.8, 4) is 5.97 Å². The zero-order valence-electron chi connectivity index (χ0n) is 13.9. The van der Waals surface area contributed by atoms with Crippen molar-refractivity contribution >= 4 is 18.5 Å². The number of nitrogens with one attached hydrogen (secondary N) is 1. The van der Waals surface area contributed by atoms with Crippen LogP contribution in [0.25, 0.3) is 0 Å². The number of imide groups is 1. The molecule has 8 heteroatoms. The van der Waals surface area contributed by atoms with E-state index < -0.39 is 11.6 Å². The van der Waals surface area contributed by atoms with Crippen LogP contribution in [0.1, 0.15) is 32.1 Å². The summed E-state index contributed by atoms with van der Waals surface area (Å²) in [6.45, 7) is 0.361. The Morgan fingerprint density at radius 3 is 1.92 bits per heavy atom. The molecule has 25 heavy (non-hydrogen) atoms. The molecule has 1 aromatic carbocycles. The van der Waals surface area contributed by atoms with Gasteiger partial charge in [0.15, 0.2) is 0 Å². The van der Waals surface area contributed by atoms with Gasteiger partial charge in [-0.25, -0.2) is 5.26 Å². The molecule has 1 N–H and O–H groups in total. The maximum Gasteiger partial charge on any atom is 2.00 e. The molecule has 0 saturated carbocycles. The maximum atomic E-state index is 11.9. The van der Waals surface area contributed by atoms with Crippen LogP contribution >= 0.6 is 0 Å². The number of carbonyl (C=O) groups excluding carboxylic acids is 2. The maximum absolute atomic E-state index is 11.9. The second kappa shape index (κ2) is 14.0. The third-order valence-corrected chi connectivity index (χ3v) is 3.43. The van der Waals surface area contributed by atoms with Crippen LogP contribution < -0.4 is 5.32 Å².